The van der Waals surface area contributed by atoms with Crippen LogP contribution in [0.15, 0.2) is 24.3 Å². The molecule has 1 amide bonds. The molecule has 1 aromatic carbocycles. The molecular formula is C13H21N3O3. The summed E-state index contributed by atoms with van der Waals surface area (Å²) in [5, 5.41) is 18.0. The Labute approximate surface area is 112 Å². The lowest BCUT2D eigenvalue weighted by atomic mass is 9.91. The van der Waals surface area contributed by atoms with Crippen LogP contribution in [0, 0.1) is 0 Å². The molecule has 0 spiro atoms. The van der Waals surface area contributed by atoms with Crippen molar-refractivity contribution in [3.05, 3.63) is 24.3 Å². The van der Waals surface area contributed by atoms with Crippen LogP contribution in [0.2, 0.25) is 0 Å². The number of aliphatic hydroxyl groups excluding tert-OH is 2. The number of anilines is 2. The highest BCUT2D eigenvalue weighted by molar-refractivity contribution is 5.99. The molecule has 1 rings (SSSR count). The highest BCUT2D eigenvalue weighted by Gasteiger charge is 2.35. The minimum Gasteiger partial charge on any atom is -0.399 e. The van der Waals surface area contributed by atoms with Crippen LogP contribution >= 0.6 is 0 Å². The van der Waals surface area contributed by atoms with E-state index in [1.54, 1.807) is 31.3 Å². The maximum atomic E-state index is 12.4. The summed E-state index contributed by atoms with van der Waals surface area (Å²) in [7, 11) is 1.60. The first-order valence-electron chi connectivity index (χ1n) is 6.09. The molecule has 1 aromatic rings. The smallest absolute Gasteiger partial charge is 0.246 e. The molecule has 106 valence electrons. The van der Waals surface area contributed by atoms with Gasteiger partial charge < -0.3 is 26.6 Å². The Morgan fingerprint density at radius 3 is 2.11 bits per heavy atom. The SMILES string of the molecule is CN(C(=O)C(N)(CCO)CCO)c1ccc(N)cc1. The molecule has 0 atom stereocenters. The van der Waals surface area contributed by atoms with Crippen LogP contribution in [-0.4, -0.2) is 41.9 Å². The maximum absolute atomic E-state index is 12.4. The lowest BCUT2D eigenvalue weighted by molar-refractivity contribution is -0.124. The molecule has 19 heavy (non-hydrogen) atoms. The average molecular weight is 267 g/mol. The molecule has 0 heterocycles. The van der Waals surface area contributed by atoms with E-state index in [4.69, 9.17) is 21.7 Å². The van der Waals surface area contributed by atoms with Crippen molar-refractivity contribution >= 4 is 17.3 Å². The van der Waals surface area contributed by atoms with Gasteiger partial charge in [0.1, 0.15) is 5.54 Å². The van der Waals surface area contributed by atoms with Crippen molar-refractivity contribution in [2.24, 2.45) is 5.73 Å². The Bertz CT molecular complexity index is 414. The molecule has 0 aromatic heterocycles. The Balaban J connectivity index is 2.92. The summed E-state index contributed by atoms with van der Waals surface area (Å²) < 4.78 is 0. The highest BCUT2D eigenvalue weighted by Crippen LogP contribution is 2.21. The summed E-state index contributed by atoms with van der Waals surface area (Å²) in [5.41, 5.74) is 11.6. The Hall–Kier alpha value is -1.63. The molecule has 0 unspecified atom stereocenters. The number of nitrogens with two attached hydrogens (primary N) is 2. The maximum Gasteiger partial charge on any atom is 0.246 e. The second-order valence-electron chi connectivity index (χ2n) is 4.56. The van der Waals surface area contributed by atoms with E-state index in [9.17, 15) is 4.79 Å². The minimum atomic E-state index is -1.26. The van der Waals surface area contributed by atoms with Gasteiger partial charge in [-0.2, -0.15) is 0 Å². The molecule has 0 radical (unpaired) electrons. The molecule has 0 aliphatic rings. The second-order valence-corrected chi connectivity index (χ2v) is 4.56. The second kappa shape index (κ2) is 6.51. The topological polar surface area (TPSA) is 113 Å². The van der Waals surface area contributed by atoms with Crippen LogP contribution in [0.5, 0.6) is 0 Å². The molecule has 6 nitrogen and oxygen atoms in total. The van der Waals surface area contributed by atoms with Crippen molar-refractivity contribution in [3.63, 3.8) is 0 Å². The van der Waals surface area contributed by atoms with Gasteiger partial charge in [0.15, 0.2) is 0 Å². The van der Waals surface area contributed by atoms with E-state index in [2.05, 4.69) is 0 Å². The van der Waals surface area contributed by atoms with Gasteiger partial charge in [-0.15, -0.1) is 0 Å². The van der Waals surface area contributed by atoms with Crippen molar-refractivity contribution < 1.29 is 15.0 Å². The molecule has 6 N–H and O–H groups in total. The molecule has 0 aliphatic carbocycles. The van der Waals surface area contributed by atoms with Crippen LogP contribution in [-0.2, 0) is 4.79 Å². The molecule has 6 heteroatoms. The molecule has 0 fully saturated rings. The monoisotopic (exact) mass is 267 g/mol. The van der Waals surface area contributed by atoms with Crippen LogP contribution < -0.4 is 16.4 Å². The fourth-order valence-electron chi connectivity index (χ4n) is 1.89. The molecular weight excluding hydrogens is 246 g/mol. The van der Waals surface area contributed by atoms with Gasteiger partial charge in [0, 0.05) is 31.6 Å². The number of amides is 1. The summed E-state index contributed by atoms with van der Waals surface area (Å²) in [6.07, 6.45) is 0.206. The predicted molar refractivity (Wildman–Crippen MR) is 74.6 cm³/mol. The van der Waals surface area contributed by atoms with E-state index in [0.29, 0.717) is 11.4 Å². The van der Waals surface area contributed by atoms with Gasteiger partial charge in [-0.05, 0) is 37.1 Å². The van der Waals surface area contributed by atoms with Crippen LogP contribution in [0.4, 0.5) is 11.4 Å². The number of nitrogens with zero attached hydrogens (tertiary/aromatic N) is 1. The van der Waals surface area contributed by atoms with Crippen LogP contribution in [0.3, 0.4) is 0 Å². The van der Waals surface area contributed by atoms with Crippen molar-refractivity contribution in [2.75, 3.05) is 30.9 Å². The van der Waals surface area contributed by atoms with Gasteiger partial charge in [0.25, 0.3) is 0 Å². The summed E-state index contributed by atoms with van der Waals surface area (Å²) in [6.45, 7) is -0.421. The number of carbonyl (C=O) groups is 1. The van der Waals surface area contributed by atoms with E-state index >= 15 is 0 Å². The Morgan fingerprint density at radius 2 is 1.68 bits per heavy atom. The first kappa shape index (κ1) is 15.4. The van der Waals surface area contributed by atoms with Crippen molar-refractivity contribution in [3.8, 4) is 0 Å². The van der Waals surface area contributed by atoms with E-state index in [-0.39, 0.29) is 32.0 Å². The van der Waals surface area contributed by atoms with E-state index in [0.717, 1.165) is 0 Å². The van der Waals surface area contributed by atoms with Crippen molar-refractivity contribution in [2.45, 2.75) is 18.4 Å². The van der Waals surface area contributed by atoms with Crippen molar-refractivity contribution in [1.29, 1.82) is 0 Å². The molecule has 0 saturated carbocycles. The average Bonchev–Trinajstić information content (AvgIpc) is 2.38. The van der Waals surface area contributed by atoms with E-state index < -0.39 is 5.54 Å². The summed E-state index contributed by atoms with van der Waals surface area (Å²) >= 11 is 0. The fourth-order valence-corrected chi connectivity index (χ4v) is 1.89. The normalized spacial score (nSPS) is 11.4. The third kappa shape index (κ3) is 3.66. The number of rotatable bonds is 6. The lowest BCUT2D eigenvalue weighted by Gasteiger charge is -2.31. The first-order valence-corrected chi connectivity index (χ1v) is 6.09. The predicted octanol–water partition coefficient (Wildman–Crippen LogP) is -0.306. The van der Waals surface area contributed by atoms with Gasteiger partial charge in [0.05, 0.1) is 0 Å². The minimum absolute atomic E-state index is 0.103. The summed E-state index contributed by atoms with van der Waals surface area (Å²) in [6, 6.07) is 6.81. The summed E-state index contributed by atoms with van der Waals surface area (Å²) in [4.78, 5) is 13.8. The zero-order valence-electron chi connectivity index (χ0n) is 11.0. The van der Waals surface area contributed by atoms with Gasteiger partial charge >= 0.3 is 0 Å². The zero-order valence-corrected chi connectivity index (χ0v) is 11.0. The molecule has 0 bridgehead atoms. The van der Waals surface area contributed by atoms with Crippen LogP contribution in [0.25, 0.3) is 0 Å². The third-order valence-corrected chi connectivity index (χ3v) is 3.13. The number of hydrogen-bond donors (Lipinski definition) is 4. The standard InChI is InChI=1S/C13H21N3O3/c1-16(11-4-2-10(14)3-5-11)12(19)13(15,6-8-17)7-9-18/h2-5,17-18H,6-9,14-15H2,1H3. The molecule has 0 saturated heterocycles. The third-order valence-electron chi connectivity index (χ3n) is 3.13. The number of aliphatic hydroxyl groups is 2. The summed E-state index contributed by atoms with van der Waals surface area (Å²) in [5.74, 6) is -0.347. The zero-order chi connectivity index (χ0) is 14.5. The van der Waals surface area contributed by atoms with E-state index in [1.165, 1.54) is 4.90 Å². The fraction of sp³-hybridized carbons (Fsp3) is 0.462. The number of likely N-dealkylation sites (N-methyl/N-ethyl adjacent to an activating group) is 1. The number of hydrogen-bond acceptors (Lipinski definition) is 5. The van der Waals surface area contributed by atoms with Crippen LogP contribution in [0.1, 0.15) is 12.8 Å². The Morgan fingerprint density at radius 1 is 1.21 bits per heavy atom. The lowest BCUT2D eigenvalue weighted by Crippen LogP contribution is -2.55. The first-order chi connectivity index (χ1) is 8.94. The van der Waals surface area contributed by atoms with Gasteiger partial charge in [-0.3, -0.25) is 4.79 Å². The van der Waals surface area contributed by atoms with Crippen molar-refractivity contribution in [1.82, 2.24) is 0 Å². The van der Waals surface area contributed by atoms with Gasteiger partial charge in [-0.25, -0.2) is 0 Å². The van der Waals surface area contributed by atoms with E-state index in [1.807, 2.05) is 0 Å². The number of carbonyl (C=O) groups excluding carboxylic acids is 1. The number of nitrogen functional groups attached to an aromatic ring is 1. The quantitative estimate of drug-likeness (QED) is 0.528. The largest absolute Gasteiger partial charge is 0.399 e. The highest BCUT2D eigenvalue weighted by atomic mass is 16.3. The molecule has 0 aliphatic heterocycles. The number of benzene rings is 1. The van der Waals surface area contributed by atoms with Gasteiger partial charge in [0.2, 0.25) is 5.91 Å². The Kier molecular flexibility index (Phi) is 5.29. The van der Waals surface area contributed by atoms with Gasteiger partial charge in [-0.1, -0.05) is 0 Å².